The first-order valence-corrected chi connectivity index (χ1v) is 12.2. The summed E-state index contributed by atoms with van der Waals surface area (Å²) in [6.07, 6.45) is 18.2. The number of ether oxygens (including phenoxy) is 3. The van der Waals surface area contributed by atoms with Crippen LogP contribution in [0.5, 0.6) is 0 Å². The molecule has 3 unspecified atom stereocenters. The maximum atomic E-state index is 6.41. The van der Waals surface area contributed by atoms with Gasteiger partial charge in [0.1, 0.15) is 6.10 Å². The summed E-state index contributed by atoms with van der Waals surface area (Å²) in [4.78, 5) is 0. The lowest BCUT2D eigenvalue weighted by atomic mass is 9.80. The molecule has 0 aliphatic carbocycles. The second-order valence-corrected chi connectivity index (χ2v) is 10.3. The summed E-state index contributed by atoms with van der Waals surface area (Å²) in [6.45, 7) is 5.34. The third kappa shape index (κ3) is 4.33. The molecule has 4 heteroatoms. The molecule has 141 valence electrons. The molecule has 3 heterocycles. The van der Waals surface area contributed by atoms with Crippen LogP contribution in [0.25, 0.3) is 0 Å². The number of hydrogen-bond donors (Lipinski definition) is 0. The van der Waals surface area contributed by atoms with Crippen molar-refractivity contribution in [3.63, 3.8) is 0 Å². The second-order valence-electron chi connectivity index (χ2n) is 7.84. The van der Waals surface area contributed by atoms with E-state index in [-0.39, 0.29) is 20.8 Å². The highest BCUT2D eigenvalue weighted by atomic mass is 28.2. The van der Waals surface area contributed by atoms with Crippen LogP contribution in [0.4, 0.5) is 0 Å². The molecule has 0 aromatic rings. The Morgan fingerprint density at radius 3 is 2.84 bits per heavy atom. The number of rotatable bonds is 4. The first kappa shape index (κ1) is 19.0. The van der Waals surface area contributed by atoms with Crippen LogP contribution in [0.3, 0.4) is 0 Å². The van der Waals surface area contributed by atoms with Gasteiger partial charge >= 0.3 is 0 Å². The van der Waals surface area contributed by atoms with Gasteiger partial charge in [-0.1, -0.05) is 52.0 Å². The van der Waals surface area contributed by atoms with Crippen molar-refractivity contribution < 1.29 is 14.2 Å². The van der Waals surface area contributed by atoms with Crippen molar-refractivity contribution in [1.82, 2.24) is 0 Å². The van der Waals surface area contributed by atoms with E-state index in [2.05, 4.69) is 19.9 Å². The summed E-state index contributed by atoms with van der Waals surface area (Å²) < 4.78 is 18.9. The zero-order valence-corrected chi connectivity index (χ0v) is 17.5. The molecular weight excluding hydrogens is 328 g/mol. The lowest BCUT2D eigenvalue weighted by molar-refractivity contribution is -0.122. The average Bonchev–Trinajstić information content (AvgIpc) is 2.88. The molecule has 25 heavy (non-hydrogen) atoms. The van der Waals surface area contributed by atoms with Gasteiger partial charge in [-0.25, -0.2) is 0 Å². The lowest BCUT2D eigenvalue weighted by Crippen LogP contribution is -2.46. The minimum Gasteiger partial charge on any atom is -0.462 e. The largest absolute Gasteiger partial charge is 0.462 e. The van der Waals surface area contributed by atoms with E-state index in [9.17, 15) is 0 Å². The average molecular weight is 364 g/mol. The van der Waals surface area contributed by atoms with Crippen LogP contribution in [0.2, 0.25) is 11.1 Å². The highest BCUT2D eigenvalue weighted by molar-refractivity contribution is 6.41. The summed E-state index contributed by atoms with van der Waals surface area (Å²) in [5.41, 5.74) is 1.20. The van der Waals surface area contributed by atoms with Crippen molar-refractivity contribution in [3.05, 3.63) is 30.3 Å². The predicted octanol–water partition coefficient (Wildman–Crippen LogP) is 5.25. The van der Waals surface area contributed by atoms with Crippen LogP contribution in [-0.2, 0) is 14.2 Å². The fraction of sp³-hybridized carbons (Fsp3) is 0.762. The summed E-state index contributed by atoms with van der Waals surface area (Å²) in [5, 5.41) is 0.0333. The Hall–Kier alpha value is -0.743. The molecule has 3 aliphatic heterocycles. The van der Waals surface area contributed by atoms with Crippen LogP contribution < -0.4 is 0 Å². The molecule has 2 saturated heterocycles. The molecular formula is C21H35O3Si. The Morgan fingerprint density at radius 1 is 1.12 bits per heavy atom. The van der Waals surface area contributed by atoms with Crippen molar-refractivity contribution in [2.45, 2.75) is 89.0 Å². The van der Waals surface area contributed by atoms with E-state index in [4.69, 9.17) is 14.2 Å². The monoisotopic (exact) mass is 363 g/mol. The molecule has 0 aromatic carbocycles. The molecule has 0 spiro atoms. The third-order valence-electron chi connectivity index (χ3n) is 6.24. The highest BCUT2D eigenvalue weighted by Crippen LogP contribution is 2.55. The van der Waals surface area contributed by atoms with Crippen molar-refractivity contribution in [2.75, 3.05) is 6.61 Å². The first-order valence-electron chi connectivity index (χ1n) is 10.5. The van der Waals surface area contributed by atoms with Crippen LogP contribution in [0.1, 0.15) is 71.6 Å². The second kappa shape index (κ2) is 9.27. The molecule has 0 aromatic heterocycles. The minimum absolute atomic E-state index is 0.0333. The van der Waals surface area contributed by atoms with E-state index >= 15 is 0 Å². The maximum absolute atomic E-state index is 6.41. The van der Waals surface area contributed by atoms with Gasteiger partial charge in [-0.3, -0.25) is 0 Å². The zero-order valence-electron chi connectivity index (χ0n) is 16.1. The van der Waals surface area contributed by atoms with Gasteiger partial charge < -0.3 is 14.2 Å². The fourth-order valence-corrected chi connectivity index (χ4v) is 7.52. The summed E-state index contributed by atoms with van der Waals surface area (Å²) >= 11 is 0. The van der Waals surface area contributed by atoms with E-state index in [1.54, 1.807) is 0 Å². The maximum Gasteiger partial charge on any atom is 0.244 e. The van der Waals surface area contributed by atoms with Crippen LogP contribution in [0, 0.1) is 12.0 Å². The molecule has 3 aliphatic rings. The van der Waals surface area contributed by atoms with Crippen LogP contribution in [-0.4, -0.2) is 22.4 Å². The van der Waals surface area contributed by atoms with E-state index in [0.717, 1.165) is 13.0 Å². The Labute approximate surface area is 156 Å². The number of allylic oxidation sites excluding steroid dienone is 2. The van der Waals surface area contributed by atoms with Crippen molar-refractivity contribution in [3.8, 4) is 0 Å². The fourth-order valence-electron chi connectivity index (χ4n) is 4.72. The molecule has 1 radical (unpaired) electrons. The van der Waals surface area contributed by atoms with E-state index in [0.29, 0.717) is 5.92 Å². The molecule has 0 N–H and O–H groups in total. The molecule has 3 nitrogen and oxygen atoms in total. The van der Waals surface area contributed by atoms with Crippen molar-refractivity contribution >= 4 is 9.52 Å². The van der Waals surface area contributed by atoms with Crippen molar-refractivity contribution in [2.24, 2.45) is 5.92 Å². The summed E-state index contributed by atoms with van der Waals surface area (Å²) in [5.74, 6) is 0.578. The number of hydrogen-bond acceptors (Lipinski definition) is 3. The van der Waals surface area contributed by atoms with Crippen LogP contribution in [0.15, 0.2) is 24.2 Å². The first-order chi connectivity index (χ1) is 12.3. The predicted molar refractivity (Wildman–Crippen MR) is 105 cm³/mol. The molecule has 3 rings (SSSR count). The van der Waals surface area contributed by atoms with Gasteiger partial charge in [-0.05, 0) is 43.3 Å². The third-order valence-corrected chi connectivity index (χ3v) is 9.02. The van der Waals surface area contributed by atoms with E-state index < -0.39 is 0 Å². The van der Waals surface area contributed by atoms with Gasteiger partial charge in [-0.15, -0.1) is 0 Å². The topological polar surface area (TPSA) is 27.7 Å². The van der Waals surface area contributed by atoms with Gasteiger partial charge in [0.25, 0.3) is 0 Å². The van der Waals surface area contributed by atoms with Gasteiger partial charge in [-0.2, -0.15) is 0 Å². The Balaban J connectivity index is 1.90. The summed E-state index contributed by atoms with van der Waals surface area (Å²) in [6, 6.07) is 1.38. The van der Waals surface area contributed by atoms with E-state index in [1.165, 1.54) is 69.1 Å². The quantitative estimate of drug-likeness (QED) is 0.639. The molecule has 2 fully saturated rings. The Bertz CT molecular complexity index is 466. The molecule has 3 atom stereocenters. The molecule has 0 amide bonds. The van der Waals surface area contributed by atoms with E-state index in [1.807, 2.05) is 12.5 Å². The molecule has 0 bridgehead atoms. The normalized spacial score (nSPS) is 35.8. The van der Waals surface area contributed by atoms with Gasteiger partial charge in [0, 0.05) is 16.1 Å². The summed E-state index contributed by atoms with van der Waals surface area (Å²) in [7, 11) is -0.386. The Kier molecular flexibility index (Phi) is 7.06. The smallest absolute Gasteiger partial charge is 0.244 e. The Morgan fingerprint density at radius 2 is 2.00 bits per heavy atom. The van der Waals surface area contributed by atoms with Crippen molar-refractivity contribution in [1.29, 1.82) is 0 Å². The van der Waals surface area contributed by atoms with Gasteiger partial charge in [0.05, 0.1) is 17.6 Å². The van der Waals surface area contributed by atoms with Crippen LogP contribution >= 0.6 is 0 Å². The highest BCUT2D eigenvalue weighted by Gasteiger charge is 2.52. The molecule has 0 saturated carbocycles. The zero-order chi connectivity index (χ0) is 17.5. The van der Waals surface area contributed by atoms with Gasteiger partial charge in [0.2, 0.25) is 6.29 Å². The minimum atomic E-state index is -0.386. The SMILES string of the molecule is CCC1=COC(C2([C]3OCCCC3CC)CCCCCC[SiH2]2)OC=C1. The lowest BCUT2D eigenvalue weighted by Gasteiger charge is -2.48. The standard InChI is InChI=1S/C21H35O3Si/c1-3-17-11-14-23-20(24-16-17)21(12-7-5-6-8-15-25-21)19-18(4-2)10-9-13-22-19/h11,14,16,18,20H,3-10,12-13,15,25H2,1-2H3. The van der Waals surface area contributed by atoms with Gasteiger partial charge in [0.15, 0.2) is 0 Å².